The van der Waals surface area contributed by atoms with Crippen molar-refractivity contribution in [3.8, 4) is 0 Å². The number of ether oxygens (including phenoxy) is 2. The molecule has 0 fully saturated rings. The minimum atomic E-state index is -0.212. The van der Waals surface area contributed by atoms with Crippen molar-refractivity contribution in [2.45, 2.75) is 104 Å². The third-order valence-electron chi connectivity index (χ3n) is 4.58. The van der Waals surface area contributed by atoms with Crippen LogP contribution in [-0.2, 0) is 9.47 Å². The van der Waals surface area contributed by atoms with E-state index in [1.165, 1.54) is 38.5 Å². The second kappa shape index (κ2) is 10.6. The van der Waals surface area contributed by atoms with Gasteiger partial charge in [0.05, 0.1) is 11.2 Å². The summed E-state index contributed by atoms with van der Waals surface area (Å²) in [6.45, 7) is 11.7. The van der Waals surface area contributed by atoms with Gasteiger partial charge in [0.25, 0.3) is 0 Å². The van der Waals surface area contributed by atoms with Crippen molar-refractivity contribution < 1.29 is 9.47 Å². The molecule has 1 atom stereocenters. The lowest BCUT2D eigenvalue weighted by Crippen LogP contribution is -2.53. The Balaban J connectivity index is 4.46. The van der Waals surface area contributed by atoms with E-state index in [0.29, 0.717) is 0 Å². The van der Waals surface area contributed by atoms with Crippen molar-refractivity contribution in [1.29, 1.82) is 0 Å². The molecule has 1 unspecified atom stereocenters. The molecule has 0 saturated carbocycles. The molecule has 0 aromatic rings. The summed E-state index contributed by atoms with van der Waals surface area (Å²) in [6.07, 6.45) is 11.3. The maximum atomic E-state index is 6.01. The molecule has 0 spiro atoms. The van der Waals surface area contributed by atoms with Crippen molar-refractivity contribution >= 4 is 0 Å². The molecule has 0 aromatic carbocycles. The van der Waals surface area contributed by atoms with Gasteiger partial charge in [-0.1, -0.05) is 58.8 Å². The van der Waals surface area contributed by atoms with Gasteiger partial charge in [-0.2, -0.15) is 0 Å². The van der Waals surface area contributed by atoms with Crippen LogP contribution in [0.5, 0.6) is 0 Å². The minimum Gasteiger partial charge on any atom is -0.375 e. The molecule has 122 valence electrons. The molecule has 2 heteroatoms. The first-order valence-corrected chi connectivity index (χ1v) is 8.68. The summed E-state index contributed by atoms with van der Waals surface area (Å²) in [6, 6.07) is 0. The Labute approximate surface area is 127 Å². The molecule has 0 saturated heterocycles. The Morgan fingerprint density at radius 1 is 0.750 bits per heavy atom. The lowest BCUT2D eigenvalue weighted by atomic mass is 9.77. The van der Waals surface area contributed by atoms with Crippen LogP contribution in [0.15, 0.2) is 0 Å². The SMILES string of the molecule is CCCCCCCCC(CCC)(OC)C(C)(C)OCC. The van der Waals surface area contributed by atoms with E-state index >= 15 is 0 Å². The molecule has 0 aliphatic heterocycles. The quantitative estimate of drug-likeness (QED) is 0.402. The summed E-state index contributed by atoms with van der Waals surface area (Å²) in [7, 11) is 1.85. The van der Waals surface area contributed by atoms with Crippen LogP contribution in [0, 0.1) is 0 Å². The van der Waals surface area contributed by atoms with Crippen molar-refractivity contribution in [3.05, 3.63) is 0 Å². The molecule has 0 heterocycles. The molecule has 0 aromatic heterocycles. The molecule has 20 heavy (non-hydrogen) atoms. The van der Waals surface area contributed by atoms with E-state index in [0.717, 1.165) is 25.9 Å². The molecule has 0 amide bonds. The number of rotatable bonds is 13. The summed E-state index contributed by atoms with van der Waals surface area (Å²) in [4.78, 5) is 0. The van der Waals surface area contributed by atoms with Gasteiger partial charge in [-0.25, -0.2) is 0 Å². The van der Waals surface area contributed by atoms with Gasteiger partial charge in [-0.15, -0.1) is 0 Å². The van der Waals surface area contributed by atoms with E-state index in [4.69, 9.17) is 9.47 Å². The van der Waals surface area contributed by atoms with Gasteiger partial charge in [-0.3, -0.25) is 0 Å². The average molecular weight is 287 g/mol. The van der Waals surface area contributed by atoms with Gasteiger partial charge in [0.2, 0.25) is 0 Å². The predicted molar refractivity (Wildman–Crippen MR) is 88.3 cm³/mol. The van der Waals surface area contributed by atoms with Crippen molar-refractivity contribution in [1.82, 2.24) is 0 Å². The smallest absolute Gasteiger partial charge is 0.0961 e. The molecule has 0 radical (unpaired) electrons. The van der Waals surface area contributed by atoms with Crippen LogP contribution in [0.25, 0.3) is 0 Å². The Morgan fingerprint density at radius 3 is 1.85 bits per heavy atom. The topological polar surface area (TPSA) is 18.5 Å². The largest absolute Gasteiger partial charge is 0.375 e. The zero-order valence-electron chi connectivity index (χ0n) is 14.9. The van der Waals surface area contributed by atoms with Crippen molar-refractivity contribution in [2.24, 2.45) is 0 Å². The summed E-state index contributed by atoms with van der Waals surface area (Å²) in [5.41, 5.74) is -0.349. The Hall–Kier alpha value is -0.0800. The highest BCUT2D eigenvalue weighted by atomic mass is 16.6. The summed E-state index contributed by atoms with van der Waals surface area (Å²) in [5.74, 6) is 0. The van der Waals surface area contributed by atoms with E-state index in [2.05, 4.69) is 34.6 Å². The first kappa shape index (κ1) is 19.9. The fourth-order valence-corrected chi connectivity index (χ4v) is 3.26. The fourth-order valence-electron chi connectivity index (χ4n) is 3.26. The average Bonchev–Trinajstić information content (AvgIpc) is 2.41. The zero-order chi connectivity index (χ0) is 15.5. The summed E-state index contributed by atoms with van der Waals surface area (Å²) < 4.78 is 12.0. The van der Waals surface area contributed by atoms with Crippen LogP contribution in [0.4, 0.5) is 0 Å². The van der Waals surface area contributed by atoms with E-state index in [9.17, 15) is 0 Å². The van der Waals surface area contributed by atoms with E-state index in [-0.39, 0.29) is 11.2 Å². The lowest BCUT2D eigenvalue weighted by molar-refractivity contribution is -0.186. The molecular formula is C18H38O2. The Morgan fingerprint density at radius 2 is 1.35 bits per heavy atom. The third-order valence-corrected chi connectivity index (χ3v) is 4.58. The highest BCUT2D eigenvalue weighted by molar-refractivity contribution is 4.96. The normalized spacial score (nSPS) is 15.3. The first-order chi connectivity index (χ1) is 9.49. The highest BCUT2D eigenvalue weighted by Crippen LogP contribution is 2.38. The fraction of sp³-hybridized carbons (Fsp3) is 1.00. The standard InChI is InChI=1S/C18H38O2/c1-7-10-11-12-13-14-16-18(19-6,15-8-2)17(4,5)20-9-3/h7-16H2,1-6H3. The van der Waals surface area contributed by atoms with Crippen LogP contribution in [-0.4, -0.2) is 24.9 Å². The number of unbranched alkanes of at least 4 members (excludes halogenated alkanes) is 5. The molecule has 0 bridgehead atoms. The minimum absolute atomic E-state index is 0.136. The predicted octanol–water partition coefficient (Wildman–Crippen LogP) is 5.74. The number of hydrogen-bond acceptors (Lipinski definition) is 2. The monoisotopic (exact) mass is 286 g/mol. The van der Waals surface area contributed by atoms with Gasteiger partial charge < -0.3 is 9.47 Å². The Bertz CT molecular complexity index is 225. The third kappa shape index (κ3) is 6.13. The van der Waals surface area contributed by atoms with Crippen molar-refractivity contribution in [2.75, 3.05) is 13.7 Å². The van der Waals surface area contributed by atoms with Crippen molar-refractivity contribution in [3.63, 3.8) is 0 Å². The Kier molecular flexibility index (Phi) is 10.6. The lowest BCUT2D eigenvalue weighted by Gasteiger charge is -2.45. The number of methoxy groups -OCH3 is 1. The van der Waals surface area contributed by atoms with Crippen LogP contribution in [0.3, 0.4) is 0 Å². The van der Waals surface area contributed by atoms with Crippen LogP contribution >= 0.6 is 0 Å². The van der Waals surface area contributed by atoms with Gasteiger partial charge in [0.1, 0.15) is 0 Å². The maximum absolute atomic E-state index is 6.01. The molecular weight excluding hydrogens is 248 g/mol. The maximum Gasteiger partial charge on any atom is 0.0961 e. The van der Waals surface area contributed by atoms with Gasteiger partial charge >= 0.3 is 0 Å². The van der Waals surface area contributed by atoms with Gasteiger partial charge in [-0.05, 0) is 33.6 Å². The second-order valence-electron chi connectivity index (χ2n) is 6.41. The molecule has 0 aliphatic carbocycles. The summed E-state index contributed by atoms with van der Waals surface area (Å²) in [5, 5.41) is 0. The molecule has 0 aliphatic rings. The molecule has 2 nitrogen and oxygen atoms in total. The second-order valence-corrected chi connectivity index (χ2v) is 6.41. The van der Waals surface area contributed by atoms with Crippen LogP contribution in [0.2, 0.25) is 0 Å². The van der Waals surface area contributed by atoms with Crippen LogP contribution < -0.4 is 0 Å². The van der Waals surface area contributed by atoms with E-state index in [1.807, 2.05) is 7.11 Å². The zero-order valence-corrected chi connectivity index (χ0v) is 14.9. The number of hydrogen-bond donors (Lipinski definition) is 0. The van der Waals surface area contributed by atoms with Gasteiger partial charge in [0, 0.05) is 13.7 Å². The van der Waals surface area contributed by atoms with Crippen LogP contribution in [0.1, 0.15) is 92.4 Å². The summed E-state index contributed by atoms with van der Waals surface area (Å²) >= 11 is 0. The molecule has 0 N–H and O–H groups in total. The first-order valence-electron chi connectivity index (χ1n) is 8.68. The van der Waals surface area contributed by atoms with E-state index in [1.54, 1.807) is 0 Å². The molecule has 0 rings (SSSR count). The highest BCUT2D eigenvalue weighted by Gasteiger charge is 2.44. The van der Waals surface area contributed by atoms with Gasteiger partial charge in [0.15, 0.2) is 0 Å². The van der Waals surface area contributed by atoms with E-state index < -0.39 is 0 Å².